The Kier molecular flexibility index (Phi) is 4.18. The summed E-state index contributed by atoms with van der Waals surface area (Å²) in [5.74, 6) is 1.53. The van der Waals surface area contributed by atoms with E-state index in [1.54, 1.807) is 24.5 Å². The molecule has 0 radical (unpaired) electrons. The summed E-state index contributed by atoms with van der Waals surface area (Å²) in [6.45, 7) is 3.80. The highest BCUT2D eigenvalue weighted by molar-refractivity contribution is 7.15. The number of aryl methyl sites for hydroxylation is 1. The van der Waals surface area contributed by atoms with Crippen LogP contribution in [0.25, 0.3) is 10.6 Å². The van der Waals surface area contributed by atoms with Crippen LogP contribution in [0.5, 0.6) is 0 Å². The molecule has 0 aliphatic carbocycles. The maximum Gasteiger partial charge on any atom is 0.132 e. The molecule has 1 atom stereocenters. The molecule has 0 saturated heterocycles. The van der Waals surface area contributed by atoms with Gasteiger partial charge in [-0.2, -0.15) is 0 Å². The van der Waals surface area contributed by atoms with Crippen molar-refractivity contribution >= 4 is 23.0 Å². The molecule has 1 unspecified atom stereocenters. The second-order valence-corrected chi connectivity index (χ2v) is 6.24. The number of hydrogen-bond donors (Lipinski definition) is 2. The first-order valence-electron chi connectivity index (χ1n) is 7.07. The SMILES string of the molecule is Cc1ccnc(Nc2cccc(-c3ccc(C(C)O)s3)n2)c1. The topological polar surface area (TPSA) is 58.0 Å². The molecule has 0 spiro atoms. The number of hydrogen-bond acceptors (Lipinski definition) is 5. The molecule has 3 aromatic heterocycles. The van der Waals surface area contributed by atoms with Crippen LogP contribution in [0.15, 0.2) is 48.7 Å². The Labute approximate surface area is 133 Å². The normalized spacial score (nSPS) is 12.1. The van der Waals surface area contributed by atoms with Crippen molar-refractivity contribution < 1.29 is 5.11 Å². The molecule has 3 rings (SSSR count). The molecular formula is C17H17N3OS. The summed E-state index contributed by atoms with van der Waals surface area (Å²) in [7, 11) is 0. The van der Waals surface area contributed by atoms with Crippen LogP contribution in [-0.4, -0.2) is 15.1 Å². The molecule has 4 nitrogen and oxygen atoms in total. The summed E-state index contributed by atoms with van der Waals surface area (Å²) in [4.78, 5) is 10.9. The third kappa shape index (κ3) is 3.32. The number of thiophene rings is 1. The lowest BCUT2D eigenvalue weighted by atomic mass is 10.2. The van der Waals surface area contributed by atoms with Crippen LogP contribution in [-0.2, 0) is 0 Å². The Morgan fingerprint density at radius 2 is 2.00 bits per heavy atom. The molecular weight excluding hydrogens is 294 g/mol. The van der Waals surface area contributed by atoms with E-state index in [1.165, 1.54) is 0 Å². The van der Waals surface area contributed by atoms with Gasteiger partial charge in [0.1, 0.15) is 11.6 Å². The van der Waals surface area contributed by atoms with Gasteiger partial charge in [-0.15, -0.1) is 11.3 Å². The van der Waals surface area contributed by atoms with Gasteiger partial charge in [0.2, 0.25) is 0 Å². The van der Waals surface area contributed by atoms with Gasteiger partial charge in [-0.05, 0) is 55.8 Å². The van der Waals surface area contributed by atoms with E-state index in [0.717, 1.165) is 32.6 Å². The minimum absolute atomic E-state index is 0.448. The van der Waals surface area contributed by atoms with Crippen LogP contribution >= 0.6 is 11.3 Å². The maximum atomic E-state index is 9.63. The number of aliphatic hydroxyl groups is 1. The summed E-state index contributed by atoms with van der Waals surface area (Å²) >= 11 is 1.56. The highest BCUT2D eigenvalue weighted by Gasteiger charge is 2.08. The molecule has 112 valence electrons. The van der Waals surface area contributed by atoms with Crippen molar-refractivity contribution in [1.29, 1.82) is 0 Å². The maximum absolute atomic E-state index is 9.63. The van der Waals surface area contributed by atoms with E-state index in [4.69, 9.17) is 0 Å². The number of nitrogens with zero attached hydrogens (tertiary/aromatic N) is 2. The van der Waals surface area contributed by atoms with E-state index < -0.39 is 6.10 Å². The zero-order valence-electron chi connectivity index (χ0n) is 12.4. The monoisotopic (exact) mass is 311 g/mol. The molecule has 0 aliphatic rings. The second kappa shape index (κ2) is 6.25. The van der Waals surface area contributed by atoms with Crippen LogP contribution in [0, 0.1) is 6.92 Å². The molecule has 3 aromatic rings. The van der Waals surface area contributed by atoms with Gasteiger partial charge in [-0.25, -0.2) is 9.97 Å². The van der Waals surface area contributed by atoms with Crippen molar-refractivity contribution in [2.45, 2.75) is 20.0 Å². The summed E-state index contributed by atoms with van der Waals surface area (Å²) in [6, 6.07) is 13.7. The second-order valence-electron chi connectivity index (χ2n) is 5.13. The molecule has 0 fully saturated rings. The molecule has 22 heavy (non-hydrogen) atoms. The van der Waals surface area contributed by atoms with E-state index in [-0.39, 0.29) is 0 Å². The van der Waals surface area contributed by atoms with Gasteiger partial charge in [0, 0.05) is 11.1 Å². The predicted molar refractivity (Wildman–Crippen MR) is 90.4 cm³/mol. The van der Waals surface area contributed by atoms with Crippen molar-refractivity contribution in [3.8, 4) is 10.6 Å². The number of anilines is 2. The van der Waals surface area contributed by atoms with Crippen molar-refractivity contribution in [2.75, 3.05) is 5.32 Å². The van der Waals surface area contributed by atoms with Gasteiger partial charge in [-0.1, -0.05) is 6.07 Å². The number of pyridine rings is 2. The quantitative estimate of drug-likeness (QED) is 0.754. The fourth-order valence-electron chi connectivity index (χ4n) is 2.09. The van der Waals surface area contributed by atoms with E-state index >= 15 is 0 Å². The molecule has 0 amide bonds. The minimum Gasteiger partial charge on any atom is -0.388 e. The number of aliphatic hydroxyl groups excluding tert-OH is 1. The van der Waals surface area contributed by atoms with Crippen molar-refractivity contribution in [3.05, 3.63) is 59.1 Å². The third-order valence-corrected chi connectivity index (χ3v) is 4.49. The summed E-state index contributed by atoms with van der Waals surface area (Å²) in [5.41, 5.74) is 2.03. The first-order valence-corrected chi connectivity index (χ1v) is 7.88. The average Bonchev–Trinajstić information content (AvgIpc) is 2.97. The Bertz CT molecular complexity index is 783. The Hall–Kier alpha value is -2.24. The zero-order chi connectivity index (χ0) is 15.5. The van der Waals surface area contributed by atoms with Crippen molar-refractivity contribution in [1.82, 2.24) is 9.97 Å². The third-order valence-electron chi connectivity index (χ3n) is 3.21. The minimum atomic E-state index is -0.448. The lowest BCUT2D eigenvalue weighted by Gasteiger charge is -2.06. The fraction of sp³-hybridized carbons (Fsp3) is 0.176. The molecule has 0 aliphatic heterocycles. The van der Waals surface area contributed by atoms with Gasteiger partial charge in [0.25, 0.3) is 0 Å². The fourth-order valence-corrected chi connectivity index (χ4v) is 3.01. The van der Waals surface area contributed by atoms with Crippen molar-refractivity contribution in [2.24, 2.45) is 0 Å². The largest absolute Gasteiger partial charge is 0.388 e. The molecule has 3 heterocycles. The van der Waals surface area contributed by atoms with Crippen LogP contribution in [0.4, 0.5) is 11.6 Å². The van der Waals surface area contributed by atoms with Gasteiger partial charge in [0.15, 0.2) is 0 Å². The molecule has 0 bridgehead atoms. The Balaban J connectivity index is 1.85. The predicted octanol–water partition coefficient (Wildman–Crippen LogP) is 4.31. The number of nitrogens with one attached hydrogen (secondary N) is 1. The highest BCUT2D eigenvalue weighted by Crippen LogP contribution is 2.31. The average molecular weight is 311 g/mol. The van der Waals surface area contributed by atoms with Gasteiger partial charge in [0.05, 0.1) is 16.7 Å². The smallest absolute Gasteiger partial charge is 0.132 e. The van der Waals surface area contributed by atoms with E-state index in [1.807, 2.05) is 49.4 Å². The van der Waals surface area contributed by atoms with Crippen LogP contribution < -0.4 is 5.32 Å². The van der Waals surface area contributed by atoms with E-state index in [2.05, 4.69) is 15.3 Å². The summed E-state index contributed by atoms with van der Waals surface area (Å²) in [5, 5.41) is 12.8. The first-order chi connectivity index (χ1) is 10.6. The summed E-state index contributed by atoms with van der Waals surface area (Å²) < 4.78 is 0. The Morgan fingerprint density at radius 1 is 1.14 bits per heavy atom. The van der Waals surface area contributed by atoms with E-state index in [0.29, 0.717) is 0 Å². The van der Waals surface area contributed by atoms with Crippen LogP contribution in [0.2, 0.25) is 0 Å². The lowest BCUT2D eigenvalue weighted by molar-refractivity contribution is 0.203. The molecule has 5 heteroatoms. The standard InChI is InChI=1S/C17H17N3OS/c1-11-8-9-18-17(10-11)20-16-5-3-4-13(19-16)15-7-6-14(22-15)12(2)21/h3-10,12,21H,1-2H3,(H,18,19,20). The van der Waals surface area contributed by atoms with Crippen LogP contribution in [0.1, 0.15) is 23.5 Å². The highest BCUT2D eigenvalue weighted by atomic mass is 32.1. The van der Waals surface area contributed by atoms with Crippen molar-refractivity contribution in [3.63, 3.8) is 0 Å². The lowest BCUT2D eigenvalue weighted by Crippen LogP contribution is -1.96. The molecule has 2 N–H and O–H groups in total. The van der Waals surface area contributed by atoms with Crippen LogP contribution in [0.3, 0.4) is 0 Å². The first kappa shape index (κ1) is 14.7. The zero-order valence-corrected chi connectivity index (χ0v) is 13.3. The van der Waals surface area contributed by atoms with Gasteiger partial charge < -0.3 is 10.4 Å². The number of aromatic nitrogens is 2. The van der Waals surface area contributed by atoms with Gasteiger partial charge >= 0.3 is 0 Å². The molecule has 0 saturated carbocycles. The summed E-state index contributed by atoms with van der Waals surface area (Å²) in [6.07, 6.45) is 1.33. The van der Waals surface area contributed by atoms with Gasteiger partial charge in [-0.3, -0.25) is 0 Å². The number of rotatable bonds is 4. The Morgan fingerprint density at radius 3 is 2.73 bits per heavy atom. The molecule has 0 aromatic carbocycles. The van der Waals surface area contributed by atoms with E-state index in [9.17, 15) is 5.11 Å².